The number of carbonyl (C=O) groups excluding carboxylic acids is 1. The number of aromatic nitrogens is 1. The van der Waals surface area contributed by atoms with E-state index in [4.69, 9.17) is 18.9 Å². The number of nitrogens with one attached hydrogen (secondary N) is 1. The molecule has 0 saturated carbocycles. The largest absolute Gasteiger partial charge is 0.497 e. The molecule has 244 valence electrons. The molecule has 2 heterocycles. The second-order valence-corrected chi connectivity index (χ2v) is 11.8. The van der Waals surface area contributed by atoms with Crippen LogP contribution in [0.15, 0.2) is 103 Å². The third-order valence-electron chi connectivity index (χ3n) is 8.78. The molecule has 0 bridgehead atoms. The number of nitrogens with zero attached hydrogens (tertiary/aromatic N) is 2. The van der Waals surface area contributed by atoms with Crippen LogP contribution in [0.4, 0.5) is 0 Å². The first kappa shape index (κ1) is 32.2. The Hall–Kier alpha value is -4.79. The molecule has 0 spiro atoms. The molecule has 1 amide bonds. The zero-order valence-corrected chi connectivity index (χ0v) is 27.2. The number of benzene rings is 4. The lowest BCUT2D eigenvalue weighted by Crippen LogP contribution is -2.41. The molecule has 8 heteroatoms. The maximum absolute atomic E-state index is 13.6. The van der Waals surface area contributed by atoms with Crippen LogP contribution < -0.4 is 19.5 Å². The number of carbonyl (C=O) groups is 1. The van der Waals surface area contributed by atoms with E-state index >= 15 is 0 Å². The number of ether oxygens (including phenoxy) is 4. The van der Waals surface area contributed by atoms with Crippen LogP contribution in [0.2, 0.25) is 0 Å². The smallest absolute Gasteiger partial charge is 0.220 e. The monoisotopic (exact) mass is 633 g/mol. The van der Waals surface area contributed by atoms with Crippen LogP contribution in [-0.2, 0) is 22.7 Å². The maximum atomic E-state index is 13.6. The minimum atomic E-state index is -0.217. The minimum absolute atomic E-state index is 0.0119. The van der Waals surface area contributed by atoms with Gasteiger partial charge >= 0.3 is 0 Å². The average molecular weight is 634 g/mol. The van der Waals surface area contributed by atoms with E-state index in [0.29, 0.717) is 37.6 Å². The number of para-hydroxylation sites is 1. The summed E-state index contributed by atoms with van der Waals surface area (Å²) in [5.41, 5.74) is 5.43. The van der Waals surface area contributed by atoms with Crippen molar-refractivity contribution in [3.05, 3.63) is 126 Å². The Morgan fingerprint density at radius 3 is 2.38 bits per heavy atom. The molecule has 1 aliphatic heterocycles. The number of methoxy groups -OCH3 is 2. The summed E-state index contributed by atoms with van der Waals surface area (Å²) in [4.78, 5) is 16.0. The van der Waals surface area contributed by atoms with Gasteiger partial charge in [-0.1, -0.05) is 66.7 Å². The fourth-order valence-electron chi connectivity index (χ4n) is 6.21. The van der Waals surface area contributed by atoms with Gasteiger partial charge in [-0.25, -0.2) is 0 Å². The summed E-state index contributed by atoms with van der Waals surface area (Å²) < 4.78 is 25.1. The molecule has 0 aliphatic carbocycles. The van der Waals surface area contributed by atoms with Gasteiger partial charge in [-0.05, 0) is 52.6 Å². The van der Waals surface area contributed by atoms with E-state index in [1.165, 1.54) is 0 Å². The Kier molecular flexibility index (Phi) is 10.7. The van der Waals surface area contributed by atoms with Crippen molar-refractivity contribution < 1.29 is 23.7 Å². The molecule has 0 unspecified atom stereocenters. The summed E-state index contributed by atoms with van der Waals surface area (Å²) in [6.07, 6.45) is 2.50. The summed E-state index contributed by atoms with van der Waals surface area (Å²) in [6, 6.07) is 32.7. The number of morpholine rings is 1. The van der Waals surface area contributed by atoms with Gasteiger partial charge < -0.3 is 28.8 Å². The lowest BCUT2D eigenvalue weighted by Gasteiger charge is -2.26. The predicted molar refractivity (Wildman–Crippen MR) is 185 cm³/mol. The Balaban J connectivity index is 1.32. The van der Waals surface area contributed by atoms with Gasteiger partial charge in [0.25, 0.3) is 0 Å². The van der Waals surface area contributed by atoms with Crippen molar-refractivity contribution in [3.8, 4) is 17.2 Å². The second kappa shape index (κ2) is 15.7. The van der Waals surface area contributed by atoms with Crippen molar-refractivity contribution in [2.45, 2.75) is 25.5 Å². The summed E-state index contributed by atoms with van der Waals surface area (Å²) >= 11 is 0. The number of hydrogen-bond donors (Lipinski definition) is 1. The molecule has 6 rings (SSSR count). The van der Waals surface area contributed by atoms with Crippen LogP contribution in [0.3, 0.4) is 0 Å². The molecule has 1 aliphatic rings. The molecular formula is C39H43N3O5. The Labute approximate surface area is 276 Å². The molecule has 4 aromatic carbocycles. The van der Waals surface area contributed by atoms with Gasteiger partial charge in [0.2, 0.25) is 5.91 Å². The van der Waals surface area contributed by atoms with Crippen molar-refractivity contribution in [2.24, 2.45) is 0 Å². The van der Waals surface area contributed by atoms with E-state index in [1.807, 2.05) is 54.6 Å². The Bertz CT molecular complexity index is 1750. The second-order valence-electron chi connectivity index (χ2n) is 11.8. The first-order chi connectivity index (χ1) is 23.1. The van der Waals surface area contributed by atoms with Crippen molar-refractivity contribution in [1.82, 2.24) is 14.8 Å². The molecule has 1 atom stereocenters. The highest BCUT2D eigenvalue weighted by atomic mass is 16.5. The summed E-state index contributed by atoms with van der Waals surface area (Å²) in [5.74, 6) is 1.92. The molecule has 8 nitrogen and oxygen atoms in total. The van der Waals surface area contributed by atoms with Crippen molar-refractivity contribution in [1.29, 1.82) is 0 Å². The summed E-state index contributed by atoms with van der Waals surface area (Å²) in [5, 5.41) is 4.31. The lowest BCUT2D eigenvalue weighted by molar-refractivity contribution is -0.121. The molecular weight excluding hydrogens is 590 g/mol. The normalized spacial score (nSPS) is 14.1. The highest BCUT2D eigenvalue weighted by Crippen LogP contribution is 2.39. The van der Waals surface area contributed by atoms with Crippen LogP contribution in [0, 0.1) is 0 Å². The Morgan fingerprint density at radius 2 is 1.62 bits per heavy atom. The van der Waals surface area contributed by atoms with Crippen molar-refractivity contribution in [2.75, 3.05) is 53.6 Å². The number of rotatable bonds is 14. The van der Waals surface area contributed by atoms with E-state index in [2.05, 4.69) is 63.4 Å². The lowest BCUT2D eigenvalue weighted by atomic mass is 9.87. The summed E-state index contributed by atoms with van der Waals surface area (Å²) in [6.45, 7) is 5.77. The van der Waals surface area contributed by atoms with Gasteiger partial charge in [0.05, 0.1) is 27.4 Å². The van der Waals surface area contributed by atoms with E-state index < -0.39 is 0 Å². The van der Waals surface area contributed by atoms with Crippen molar-refractivity contribution in [3.63, 3.8) is 0 Å². The molecule has 1 saturated heterocycles. The maximum Gasteiger partial charge on any atom is 0.220 e. The highest BCUT2D eigenvalue weighted by molar-refractivity contribution is 5.87. The third-order valence-corrected chi connectivity index (χ3v) is 8.78. The average Bonchev–Trinajstić information content (AvgIpc) is 3.48. The first-order valence-corrected chi connectivity index (χ1v) is 16.2. The molecule has 1 fully saturated rings. The van der Waals surface area contributed by atoms with Gasteiger partial charge in [-0.3, -0.25) is 9.69 Å². The van der Waals surface area contributed by atoms with Gasteiger partial charge in [-0.15, -0.1) is 0 Å². The highest BCUT2D eigenvalue weighted by Gasteiger charge is 2.24. The molecule has 0 radical (unpaired) electrons. The third kappa shape index (κ3) is 8.14. The number of fused-ring (bicyclic) bond motifs is 1. The topological polar surface area (TPSA) is 74.2 Å². The fraction of sp³-hybridized carbons (Fsp3) is 0.308. The first-order valence-electron chi connectivity index (χ1n) is 16.2. The van der Waals surface area contributed by atoms with Gasteiger partial charge in [0.15, 0.2) is 11.5 Å². The number of hydrogen-bond acceptors (Lipinski definition) is 6. The van der Waals surface area contributed by atoms with E-state index in [0.717, 1.165) is 71.8 Å². The van der Waals surface area contributed by atoms with Crippen LogP contribution in [-0.4, -0.2) is 69.0 Å². The van der Waals surface area contributed by atoms with Gasteiger partial charge in [0.1, 0.15) is 12.4 Å². The SMILES string of the molecule is COc1ccc(Cn2cc([C@H](CC(=O)NCCN3CCOCC3)c3ccc(OC)c(OCc4ccccc4)c3)c3ccccc32)cc1. The quantitative estimate of drug-likeness (QED) is 0.156. The molecule has 47 heavy (non-hydrogen) atoms. The Morgan fingerprint density at radius 1 is 0.851 bits per heavy atom. The van der Waals surface area contributed by atoms with Gasteiger partial charge in [-0.2, -0.15) is 0 Å². The van der Waals surface area contributed by atoms with E-state index in [9.17, 15) is 4.79 Å². The summed E-state index contributed by atoms with van der Waals surface area (Å²) in [7, 11) is 3.33. The van der Waals surface area contributed by atoms with E-state index in [-0.39, 0.29) is 11.8 Å². The fourth-order valence-corrected chi connectivity index (χ4v) is 6.21. The standard InChI is InChI=1S/C39H43N3O5/c1-44-32-15-12-29(13-16-32)26-42-27-35(33-10-6-7-11-36(33)42)34(25-39(43)40-18-19-41-20-22-46-23-21-41)31-14-17-37(45-2)38(24-31)47-28-30-8-4-3-5-9-30/h3-17,24,27,34H,18-23,25-26,28H2,1-2H3,(H,40,43)/t34-/m1/s1. The van der Waals surface area contributed by atoms with Crippen LogP contribution in [0.1, 0.15) is 34.6 Å². The predicted octanol–water partition coefficient (Wildman–Crippen LogP) is 6.26. The zero-order valence-electron chi connectivity index (χ0n) is 27.2. The molecule has 1 aromatic heterocycles. The van der Waals surface area contributed by atoms with Gasteiger partial charge in [0, 0.05) is 62.2 Å². The van der Waals surface area contributed by atoms with Crippen LogP contribution >= 0.6 is 0 Å². The van der Waals surface area contributed by atoms with Crippen molar-refractivity contribution >= 4 is 16.8 Å². The minimum Gasteiger partial charge on any atom is -0.497 e. The molecule has 1 N–H and O–H groups in total. The number of amides is 1. The zero-order chi connectivity index (χ0) is 32.4. The van der Waals surface area contributed by atoms with E-state index in [1.54, 1.807) is 14.2 Å². The van der Waals surface area contributed by atoms with Crippen LogP contribution in [0.5, 0.6) is 17.2 Å². The molecule has 5 aromatic rings. The van der Waals surface area contributed by atoms with Crippen LogP contribution in [0.25, 0.3) is 10.9 Å².